The van der Waals surface area contributed by atoms with E-state index in [9.17, 15) is 18.4 Å². The predicted octanol–water partition coefficient (Wildman–Crippen LogP) is 4.50. The van der Waals surface area contributed by atoms with Crippen molar-refractivity contribution < 1.29 is 27.8 Å². The molecule has 1 aliphatic carbocycles. The fraction of sp³-hybridized carbons (Fsp3) is 0.792. The Balaban J connectivity index is 1.59. The molecule has 4 rings (SSSR count). The summed E-state index contributed by atoms with van der Waals surface area (Å²) in [4.78, 5) is 29.2. The Morgan fingerprint density at radius 1 is 1.17 bits per heavy atom. The van der Waals surface area contributed by atoms with Crippen molar-refractivity contribution in [3.63, 3.8) is 0 Å². The highest BCUT2D eigenvalue weighted by Gasteiger charge is 2.63. The molecule has 11 heteroatoms. The number of likely N-dealkylation sites (tertiary alicyclic amines) is 1. The number of carbonyl (C=O) groups is 2. The Hall–Kier alpha value is -2.01. The second-order valence-electron chi connectivity index (χ2n) is 12.4. The normalized spacial score (nSPS) is 20.8. The van der Waals surface area contributed by atoms with Crippen molar-refractivity contribution in [3.8, 4) is 0 Å². The SMILES string of the molecule is CC(C)(C)OC(=O)N1CCc2c(c(C(=O)N3CC(F)(F)CC34CC4)nn2COCC[Si](C)(C)C)C1. The van der Waals surface area contributed by atoms with Gasteiger partial charge in [0.15, 0.2) is 5.69 Å². The van der Waals surface area contributed by atoms with Gasteiger partial charge in [-0.05, 0) is 39.7 Å². The zero-order valence-electron chi connectivity index (χ0n) is 21.7. The lowest BCUT2D eigenvalue weighted by atomic mass is 10.0. The monoisotopic (exact) mass is 512 g/mol. The first-order valence-corrected chi connectivity index (χ1v) is 16.1. The lowest BCUT2D eigenvalue weighted by Crippen LogP contribution is -2.41. The first-order valence-electron chi connectivity index (χ1n) is 12.4. The number of nitrogens with zero attached hydrogens (tertiary/aromatic N) is 4. The van der Waals surface area contributed by atoms with E-state index in [-0.39, 0.29) is 25.4 Å². The Labute approximate surface area is 206 Å². The molecule has 1 spiro atoms. The Morgan fingerprint density at radius 2 is 1.86 bits per heavy atom. The minimum atomic E-state index is -2.89. The van der Waals surface area contributed by atoms with Crippen LogP contribution in [0.1, 0.15) is 61.8 Å². The number of aromatic nitrogens is 2. The number of hydrogen-bond donors (Lipinski definition) is 0. The summed E-state index contributed by atoms with van der Waals surface area (Å²) in [5, 5.41) is 4.57. The number of hydrogen-bond acceptors (Lipinski definition) is 5. The first kappa shape index (κ1) is 26.1. The Bertz CT molecular complexity index is 995. The van der Waals surface area contributed by atoms with E-state index in [4.69, 9.17) is 9.47 Å². The summed E-state index contributed by atoms with van der Waals surface area (Å²) >= 11 is 0. The van der Waals surface area contributed by atoms with Crippen LogP contribution >= 0.6 is 0 Å². The van der Waals surface area contributed by atoms with Crippen LogP contribution in [0.15, 0.2) is 0 Å². The van der Waals surface area contributed by atoms with E-state index in [1.54, 1.807) is 30.4 Å². The summed E-state index contributed by atoms with van der Waals surface area (Å²) in [6.45, 7) is 13.0. The molecular formula is C24H38F2N4O4Si. The molecule has 0 unspecified atom stereocenters. The third-order valence-electron chi connectivity index (χ3n) is 6.82. The van der Waals surface area contributed by atoms with Crippen molar-refractivity contribution in [2.24, 2.45) is 0 Å². The fourth-order valence-electron chi connectivity index (χ4n) is 4.82. The molecule has 2 amide bonds. The molecule has 1 aromatic rings. The average molecular weight is 513 g/mol. The molecule has 35 heavy (non-hydrogen) atoms. The molecule has 1 saturated carbocycles. The van der Waals surface area contributed by atoms with Crippen LogP contribution in [0.5, 0.6) is 0 Å². The maximum absolute atomic E-state index is 14.3. The number of ether oxygens (including phenoxy) is 2. The van der Waals surface area contributed by atoms with Crippen LogP contribution in [0.25, 0.3) is 0 Å². The summed E-state index contributed by atoms with van der Waals surface area (Å²) in [6, 6.07) is 1.00. The van der Waals surface area contributed by atoms with Crippen LogP contribution in [-0.2, 0) is 29.2 Å². The van der Waals surface area contributed by atoms with Crippen molar-refractivity contribution >= 4 is 20.1 Å². The number of amides is 2. The summed E-state index contributed by atoms with van der Waals surface area (Å²) in [5.41, 5.74) is 0.156. The van der Waals surface area contributed by atoms with Crippen LogP contribution < -0.4 is 0 Å². The number of halogens is 2. The van der Waals surface area contributed by atoms with Crippen molar-refractivity contribution in [1.82, 2.24) is 19.6 Å². The zero-order chi connectivity index (χ0) is 25.8. The highest BCUT2D eigenvalue weighted by molar-refractivity contribution is 6.76. The standard InChI is InChI=1S/C24H38F2N4O4Si/c1-22(2,3)34-21(32)28-10-7-18-17(13-28)19(27-30(18)16-33-11-12-35(4,5)6)20(31)29-15-24(25,26)14-23(29)8-9-23/h7-16H2,1-6H3. The van der Waals surface area contributed by atoms with Crippen molar-refractivity contribution in [2.45, 2.75) is 102 Å². The third-order valence-corrected chi connectivity index (χ3v) is 8.52. The van der Waals surface area contributed by atoms with Gasteiger partial charge in [0.2, 0.25) is 0 Å². The number of alkyl halides is 2. The quantitative estimate of drug-likeness (QED) is 0.414. The largest absolute Gasteiger partial charge is 0.444 e. The summed E-state index contributed by atoms with van der Waals surface area (Å²) in [5.74, 6) is -3.38. The molecule has 0 N–H and O–H groups in total. The van der Waals surface area contributed by atoms with E-state index in [0.29, 0.717) is 38.0 Å². The molecule has 3 heterocycles. The van der Waals surface area contributed by atoms with Crippen molar-refractivity contribution in [2.75, 3.05) is 19.7 Å². The Kier molecular flexibility index (Phi) is 6.57. The van der Waals surface area contributed by atoms with Gasteiger partial charge in [-0.2, -0.15) is 5.10 Å². The van der Waals surface area contributed by atoms with Gasteiger partial charge in [0, 0.05) is 50.9 Å². The van der Waals surface area contributed by atoms with E-state index in [0.717, 1.165) is 11.7 Å². The van der Waals surface area contributed by atoms with Gasteiger partial charge in [0.05, 0.1) is 13.1 Å². The van der Waals surface area contributed by atoms with E-state index >= 15 is 0 Å². The number of carbonyl (C=O) groups excluding carboxylic acids is 2. The molecule has 0 aromatic carbocycles. The van der Waals surface area contributed by atoms with E-state index in [2.05, 4.69) is 24.7 Å². The van der Waals surface area contributed by atoms with E-state index < -0.39 is 43.7 Å². The van der Waals surface area contributed by atoms with Gasteiger partial charge in [-0.25, -0.2) is 18.3 Å². The van der Waals surface area contributed by atoms with Gasteiger partial charge in [-0.3, -0.25) is 4.79 Å². The molecule has 2 fully saturated rings. The van der Waals surface area contributed by atoms with Gasteiger partial charge in [0.25, 0.3) is 11.8 Å². The summed E-state index contributed by atoms with van der Waals surface area (Å²) in [7, 11) is -1.26. The van der Waals surface area contributed by atoms with Crippen LogP contribution in [0.2, 0.25) is 25.7 Å². The van der Waals surface area contributed by atoms with Crippen LogP contribution in [0.4, 0.5) is 13.6 Å². The van der Waals surface area contributed by atoms with Gasteiger partial charge in [-0.1, -0.05) is 19.6 Å². The molecule has 0 atom stereocenters. The van der Waals surface area contributed by atoms with Gasteiger partial charge >= 0.3 is 6.09 Å². The third kappa shape index (κ3) is 5.87. The first-order chi connectivity index (χ1) is 16.1. The van der Waals surface area contributed by atoms with Crippen LogP contribution in [0.3, 0.4) is 0 Å². The molecule has 196 valence electrons. The minimum absolute atomic E-state index is 0.144. The van der Waals surface area contributed by atoms with Crippen LogP contribution in [0, 0.1) is 0 Å². The summed E-state index contributed by atoms with van der Waals surface area (Å²) in [6.07, 6.45) is 0.890. The molecule has 8 nitrogen and oxygen atoms in total. The average Bonchev–Trinajstić information content (AvgIpc) is 3.29. The van der Waals surface area contributed by atoms with Crippen LogP contribution in [-0.4, -0.2) is 76.4 Å². The van der Waals surface area contributed by atoms with Gasteiger partial charge < -0.3 is 19.3 Å². The second kappa shape index (κ2) is 8.83. The second-order valence-corrected chi connectivity index (χ2v) is 18.0. The van der Waals surface area contributed by atoms with Crippen molar-refractivity contribution in [3.05, 3.63) is 17.0 Å². The number of rotatable bonds is 6. The smallest absolute Gasteiger partial charge is 0.410 e. The van der Waals surface area contributed by atoms with Gasteiger partial charge in [0.1, 0.15) is 12.3 Å². The topological polar surface area (TPSA) is 76.9 Å². The predicted molar refractivity (Wildman–Crippen MR) is 129 cm³/mol. The molecule has 1 saturated heterocycles. The zero-order valence-corrected chi connectivity index (χ0v) is 22.7. The molecular weight excluding hydrogens is 474 g/mol. The highest BCUT2D eigenvalue weighted by atomic mass is 28.3. The van der Waals surface area contributed by atoms with Crippen molar-refractivity contribution in [1.29, 1.82) is 0 Å². The summed E-state index contributed by atoms with van der Waals surface area (Å²) < 4.78 is 41.6. The highest BCUT2D eigenvalue weighted by Crippen LogP contribution is 2.54. The lowest BCUT2D eigenvalue weighted by molar-refractivity contribution is 0.0115. The van der Waals surface area contributed by atoms with E-state index in [1.165, 1.54) is 4.90 Å². The maximum Gasteiger partial charge on any atom is 0.410 e. The minimum Gasteiger partial charge on any atom is -0.444 e. The molecule has 0 bridgehead atoms. The van der Waals surface area contributed by atoms with E-state index in [1.807, 2.05) is 0 Å². The molecule has 3 aliphatic rings. The molecule has 1 aromatic heterocycles. The van der Waals surface area contributed by atoms with Gasteiger partial charge in [-0.15, -0.1) is 0 Å². The lowest BCUT2D eigenvalue weighted by Gasteiger charge is -2.31. The molecule has 2 aliphatic heterocycles. The maximum atomic E-state index is 14.3. The molecule has 0 radical (unpaired) electrons. The fourth-order valence-corrected chi connectivity index (χ4v) is 5.58. The Morgan fingerprint density at radius 3 is 2.46 bits per heavy atom. The number of fused-ring (bicyclic) bond motifs is 1.